The van der Waals surface area contributed by atoms with Crippen molar-refractivity contribution in [3.05, 3.63) is 53.4 Å². The Morgan fingerprint density at radius 1 is 1.12 bits per heavy atom. The van der Waals surface area contributed by atoms with Crippen LogP contribution in [-0.2, 0) is 14.3 Å². The topological polar surface area (TPSA) is 84.5 Å². The fourth-order valence-corrected chi connectivity index (χ4v) is 2.68. The molecular formula is C17H16N2O4S. The first-order chi connectivity index (χ1) is 11.6. The van der Waals surface area contributed by atoms with Gasteiger partial charge in [-0.1, -0.05) is 30.3 Å². The summed E-state index contributed by atoms with van der Waals surface area (Å²) in [5.74, 6) is -1.35. The van der Waals surface area contributed by atoms with Crippen molar-refractivity contribution in [1.82, 2.24) is 10.6 Å². The van der Waals surface area contributed by atoms with E-state index < -0.39 is 24.5 Å². The normalized spacial score (nSPS) is 10.4. The van der Waals surface area contributed by atoms with Gasteiger partial charge in [-0.15, -0.1) is 11.3 Å². The summed E-state index contributed by atoms with van der Waals surface area (Å²) in [7, 11) is 1.38. The molecule has 0 unspecified atom stereocenters. The Bertz CT molecular complexity index is 753. The highest BCUT2D eigenvalue weighted by Gasteiger charge is 2.08. The number of hydrogen-bond acceptors (Lipinski definition) is 5. The van der Waals surface area contributed by atoms with E-state index in [0.717, 1.165) is 15.3 Å². The predicted octanol–water partition coefficient (Wildman–Crippen LogP) is 2.43. The maximum atomic E-state index is 11.6. The Hall–Kier alpha value is -2.93. The number of hydrogen-bond donors (Lipinski definition) is 2. The Kier molecular flexibility index (Phi) is 6.27. The van der Waals surface area contributed by atoms with Gasteiger partial charge >= 0.3 is 12.0 Å². The second-order valence-corrected chi connectivity index (χ2v) is 5.75. The van der Waals surface area contributed by atoms with E-state index in [1.807, 2.05) is 47.8 Å². The molecule has 1 heterocycles. The number of carbonyl (C=O) groups excluding carboxylic acids is 3. The van der Waals surface area contributed by atoms with E-state index in [1.165, 1.54) is 24.5 Å². The summed E-state index contributed by atoms with van der Waals surface area (Å²) in [6.07, 6.45) is 2.86. The molecule has 0 saturated heterocycles. The highest BCUT2D eigenvalue weighted by molar-refractivity contribution is 7.16. The summed E-state index contributed by atoms with van der Waals surface area (Å²) in [4.78, 5) is 35.7. The molecule has 0 atom stereocenters. The fraction of sp³-hybridized carbons (Fsp3) is 0.118. The van der Waals surface area contributed by atoms with Gasteiger partial charge in [0.15, 0.2) is 6.61 Å². The molecule has 0 aliphatic rings. The molecule has 6 nitrogen and oxygen atoms in total. The van der Waals surface area contributed by atoms with Crippen molar-refractivity contribution in [3.8, 4) is 10.4 Å². The van der Waals surface area contributed by atoms with Crippen LogP contribution >= 0.6 is 11.3 Å². The smallest absolute Gasteiger partial charge is 0.331 e. The maximum absolute atomic E-state index is 11.6. The molecule has 1 aromatic carbocycles. The minimum absolute atomic E-state index is 0.518. The minimum Gasteiger partial charge on any atom is -0.452 e. The second-order valence-electron chi connectivity index (χ2n) is 4.64. The van der Waals surface area contributed by atoms with E-state index in [9.17, 15) is 14.4 Å². The van der Waals surface area contributed by atoms with Crippen molar-refractivity contribution < 1.29 is 19.1 Å². The highest BCUT2D eigenvalue weighted by Crippen LogP contribution is 2.28. The molecule has 0 radical (unpaired) electrons. The lowest BCUT2D eigenvalue weighted by atomic mass is 10.2. The number of benzene rings is 1. The molecule has 2 rings (SSSR count). The summed E-state index contributed by atoms with van der Waals surface area (Å²) < 4.78 is 4.75. The van der Waals surface area contributed by atoms with Gasteiger partial charge in [-0.05, 0) is 23.8 Å². The molecular weight excluding hydrogens is 328 g/mol. The molecule has 7 heteroatoms. The Morgan fingerprint density at radius 3 is 2.58 bits per heavy atom. The third-order valence-electron chi connectivity index (χ3n) is 2.89. The van der Waals surface area contributed by atoms with Crippen LogP contribution in [0.5, 0.6) is 0 Å². The van der Waals surface area contributed by atoms with E-state index in [4.69, 9.17) is 4.74 Å². The quantitative estimate of drug-likeness (QED) is 0.644. The average Bonchev–Trinajstić information content (AvgIpc) is 3.08. The van der Waals surface area contributed by atoms with Crippen LogP contribution in [0.2, 0.25) is 0 Å². The van der Waals surface area contributed by atoms with Crippen molar-refractivity contribution in [1.29, 1.82) is 0 Å². The van der Waals surface area contributed by atoms with Gasteiger partial charge in [-0.2, -0.15) is 0 Å². The molecule has 0 spiro atoms. The monoisotopic (exact) mass is 344 g/mol. The number of esters is 1. The molecule has 124 valence electrons. The zero-order chi connectivity index (χ0) is 17.4. The number of thiophene rings is 1. The molecule has 3 amide bonds. The van der Waals surface area contributed by atoms with Gasteiger partial charge in [-0.25, -0.2) is 9.59 Å². The lowest BCUT2D eigenvalue weighted by molar-refractivity contribution is -0.143. The molecule has 0 bridgehead atoms. The fourth-order valence-electron chi connectivity index (χ4n) is 1.76. The lowest BCUT2D eigenvalue weighted by Crippen LogP contribution is -2.39. The highest BCUT2D eigenvalue weighted by atomic mass is 32.1. The molecule has 24 heavy (non-hydrogen) atoms. The van der Waals surface area contributed by atoms with E-state index in [0.29, 0.717) is 0 Å². The number of ether oxygens (including phenoxy) is 1. The van der Waals surface area contributed by atoms with Gasteiger partial charge in [0.25, 0.3) is 5.91 Å². The summed E-state index contributed by atoms with van der Waals surface area (Å²) in [5.41, 5.74) is 1.11. The maximum Gasteiger partial charge on any atom is 0.331 e. The van der Waals surface area contributed by atoms with Crippen molar-refractivity contribution in [2.75, 3.05) is 13.7 Å². The van der Waals surface area contributed by atoms with Crippen LogP contribution in [0.3, 0.4) is 0 Å². The van der Waals surface area contributed by atoms with Crippen LogP contribution < -0.4 is 10.6 Å². The molecule has 0 fully saturated rings. The van der Waals surface area contributed by atoms with Crippen LogP contribution in [0.25, 0.3) is 16.5 Å². The largest absolute Gasteiger partial charge is 0.452 e. The predicted molar refractivity (Wildman–Crippen MR) is 92.3 cm³/mol. The van der Waals surface area contributed by atoms with Gasteiger partial charge in [0.2, 0.25) is 0 Å². The summed E-state index contributed by atoms with van der Waals surface area (Å²) in [6.45, 7) is -0.518. The van der Waals surface area contributed by atoms with E-state index in [1.54, 1.807) is 6.08 Å². The lowest BCUT2D eigenvalue weighted by Gasteiger charge is -2.02. The summed E-state index contributed by atoms with van der Waals surface area (Å²) >= 11 is 1.54. The zero-order valence-corrected chi connectivity index (χ0v) is 13.8. The number of carbonyl (C=O) groups is 3. The second kappa shape index (κ2) is 8.64. The average molecular weight is 344 g/mol. The van der Waals surface area contributed by atoms with E-state index in [2.05, 4.69) is 5.32 Å². The van der Waals surface area contributed by atoms with Gasteiger partial charge in [0.1, 0.15) is 0 Å². The molecule has 0 aliphatic carbocycles. The molecule has 2 aromatic rings. The first kappa shape index (κ1) is 17.4. The van der Waals surface area contributed by atoms with Crippen LogP contribution in [0.1, 0.15) is 4.88 Å². The third-order valence-corrected chi connectivity index (χ3v) is 3.99. The van der Waals surface area contributed by atoms with Crippen LogP contribution in [-0.4, -0.2) is 31.6 Å². The first-order valence-corrected chi connectivity index (χ1v) is 7.92. The third kappa shape index (κ3) is 5.36. The van der Waals surface area contributed by atoms with Crippen molar-refractivity contribution in [3.63, 3.8) is 0 Å². The molecule has 1 aromatic heterocycles. The van der Waals surface area contributed by atoms with Crippen LogP contribution in [0, 0.1) is 0 Å². The number of nitrogens with one attached hydrogen (secondary N) is 2. The first-order valence-electron chi connectivity index (χ1n) is 7.10. The van der Waals surface area contributed by atoms with Gasteiger partial charge in [0.05, 0.1) is 0 Å². The van der Waals surface area contributed by atoms with Gasteiger partial charge in [0, 0.05) is 22.9 Å². The number of amides is 3. The van der Waals surface area contributed by atoms with Crippen LogP contribution in [0.15, 0.2) is 48.5 Å². The van der Waals surface area contributed by atoms with E-state index >= 15 is 0 Å². The van der Waals surface area contributed by atoms with Gasteiger partial charge in [-0.3, -0.25) is 10.1 Å². The number of urea groups is 1. The molecule has 2 N–H and O–H groups in total. The zero-order valence-electron chi connectivity index (χ0n) is 12.9. The number of imide groups is 1. The van der Waals surface area contributed by atoms with Crippen LogP contribution in [0.4, 0.5) is 4.79 Å². The summed E-state index contributed by atoms with van der Waals surface area (Å²) in [6, 6.07) is 13.1. The minimum atomic E-state index is -0.696. The Labute approximate surface area is 143 Å². The Balaban J connectivity index is 1.85. The van der Waals surface area contributed by atoms with E-state index in [-0.39, 0.29) is 0 Å². The number of rotatable bonds is 5. The standard InChI is InChI=1S/C17H16N2O4S/c1-18-17(22)19-15(20)11-23-16(21)10-8-13-7-9-14(24-13)12-5-3-2-4-6-12/h2-10H,11H2,1H3,(H2,18,19,20,22)/b10-8+. The van der Waals surface area contributed by atoms with Crippen molar-refractivity contribution in [2.45, 2.75) is 0 Å². The van der Waals surface area contributed by atoms with Crippen molar-refractivity contribution >= 4 is 35.3 Å². The molecule has 0 saturated carbocycles. The summed E-state index contributed by atoms with van der Waals surface area (Å²) in [5, 5.41) is 4.21. The van der Waals surface area contributed by atoms with Crippen molar-refractivity contribution in [2.24, 2.45) is 0 Å². The Morgan fingerprint density at radius 2 is 1.88 bits per heavy atom. The molecule has 0 aliphatic heterocycles. The van der Waals surface area contributed by atoms with Gasteiger partial charge < -0.3 is 10.1 Å². The SMILES string of the molecule is CNC(=O)NC(=O)COC(=O)/C=C/c1ccc(-c2ccccc2)s1.